The number of aryl methyl sites for hydroxylation is 1. The van der Waals surface area contributed by atoms with Crippen LogP contribution in [0.25, 0.3) is 0 Å². The Morgan fingerprint density at radius 3 is 2.43 bits per heavy atom. The van der Waals surface area contributed by atoms with Gasteiger partial charge in [0.15, 0.2) is 6.61 Å². The van der Waals surface area contributed by atoms with E-state index in [1.807, 2.05) is 13.0 Å². The van der Waals surface area contributed by atoms with E-state index in [1.165, 1.54) is 31.3 Å². The summed E-state index contributed by atoms with van der Waals surface area (Å²) in [6.07, 6.45) is 0. The smallest absolute Gasteiger partial charge is 0.261 e. The number of anilines is 1. The van der Waals surface area contributed by atoms with Gasteiger partial charge in [-0.2, -0.15) is 0 Å². The van der Waals surface area contributed by atoms with Crippen LogP contribution in [0.15, 0.2) is 53.4 Å². The normalized spacial score (nSPS) is 10.9. The van der Waals surface area contributed by atoms with Crippen LogP contribution in [-0.4, -0.2) is 28.0 Å². The number of ether oxygens (including phenoxy) is 1. The molecule has 0 bridgehead atoms. The monoisotopic (exact) mass is 334 g/mol. The maximum absolute atomic E-state index is 12.3. The summed E-state index contributed by atoms with van der Waals surface area (Å²) >= 11 is 0. The Labute approximate surface area is 135 Å². The molecule has 2 N–H and O–H groups in total. The highest BCUT2D eigenvalue weighted by atomic mass is 32.2. The van der Waals surface area contributed by atoms with E-state index >= 15 is 0 Å². The second kappa shape index (κ2) is 7.15. The van der Waals surface area contributed by atoms with Gasteiger partial charge in [0.2, 0.25) is 0 Å². The zero-order valence-corrected chi connectivity index (χ0v) is 13.7. The number of sulfonamides is 1. The lowest BCUT2D eigenvalue weighted by atomic mass is 10.2. The molecule has 122 valence electrons. The van der Waals surface area contributed by atoms with Crippen LogP contribution in [0.5, 0.6) is 5.75 Å². The lowest BCUT2D eigenvalue weighted by Crippen LogP contribution is -2.24. The number of likely N-dealkylation sites (N-methyl/N-ethyl adjacent to an activating group) is 1. The molecule has 0 aromatic heterocycles. The van der Waals surface area contributed by atoms with Gasteiger partial charge in [-0.3, -0.25) is 9.52 Å². The lowest BCUT2D eigenvalue weighted by Gasteiger charge is -2.10. The van der Waals surface area contributed by atoms with Gasteiger partial charge in [-0.15, -0.1) is 0 Å². The van der Waals surface area contributed by atoms with Crippen molar-refractivity contribution in [3.63, 3.8) is 0 Å². The van der Waals surface area contributed by atoms with Gasteiger partial charge in [0.1, 0.15) is 5.75 Å². The molecule has 0 heterocycles. The van der Waals surface area contributed by atoms with Gasteiger partial charge in [-0.05, 0) is 48.9 Å². The summed E-state index contributed by atoms with van der Waals surface area (Å²) < 4.78 is 32.4. The molecule has 23 heavy (non-hydrogen) atoms. The molecule has 1 amide bonds. The number of hydrogen-bond donors (Lipinski definition) is 2. The van der Waals surface area contributed by atoms with Crippen LogP contribution in [0.4, 0.5) is 5.69 Å². The van der Waals surface area contributed by atoms with E-state index in [-0.39, 0.29) is 17.4 Å². The number of amides is 1. The van der Waals surface area contributed by atoms with Gasteiger partial charge in [-0.1, -0.05) is 12.1 Å². The van der Waals surface area contributed by atoms with Crippen LogP contribution >= 0.6 is 0 Å². The van der Waals surface area contributed by atoms with Crippen LogP contribution in [0, 0.1) is 6.92 Å². The number of nitrogens with one attached hydrogen (secondary N) is 2. The van der Waals surface area contributed by atoms with Crippen molar-refractivity contribution >= 4 is 21.6 Å². The molecule has 0 aliphatic carbocycles. The molecule has 0 spiro atoms. The van der Waals surface area contributed by atoms with E-state index < -0.39 is 10.0 Å². The second-order valence-electron chi connectivity index (χ2n) is 4.91. The summed E-state index contributed by atoms with van der Waals surface area (Å²) in [5.74, 6) is 0.158. The van der Waals surface area contributed by atoms with Crippen molar-refractivity contribution in [2.75, 3.05) is 18.4 Å². The highest BCUT2D eigenvalue weighted by Crippen LogP contribution is 2.19. The van der Waals surface area contributed by atoms with Crippen molar-refractivity contribution in [1.82, 2.24) is 5.32 Å². The molecule has 0 radical (unpaired) electrons. The zero-order valence-electron chi connectivity index (χ0n) is 12.9. The van der Waals surface area contributed by atoms with Gasteiger partial charge in [-0.25, -0.2) is 8.42 Å². The molecule has 0 atom stereocenters. The van der Waals surface area contributed by atoms with Crippen molar-refractivity contribution in [2.24, 2.45) is 0 Å². The van der Waals surface area contributed by atoms with E-state index in [0.29, 0.717) is 11.4 Å². The van der Waals surface area contributed by atoms with Gasteiger partial charge in [0.25, 0.3) is 15.9 Å². The van der Waals surface area contributed by atoms with Gasteiger partial charge in [0, 0.05) is 12.7 Å². The Morgan fingerprint density at radius 2 is 1.83 bits per heavy atom. The number of carbonyl (C=O) groups excluding carboxylic acids is 1. The van der Waals surface area contributed by atoms with Gasteiger partial charge < -0.3 is 10.1 Å². The molecule has 0 saturated carbocycles. The van der Waals surface area contributed by atoms with Crippen LogP contribution in [0.1, 0.15) is 5.56 Å². The molecule has 2 aromatic carbocycles. The number of carbonyl (C=O) groups is 1. The minimum absolute atomic E-state index is 0.117. The molecule has 2 aromatic rings. The Hall–Kier alpha value is -2.54. The van der Waals surface area contributed by atoms with Crippen LogP contribution in [0.3, 0.4) is 0 Å². The Bertz CT molecular complexity index is 786. The van der Waals surface area contributed by atoms with E-state index in [2.05, 4.69) is 10.0 Å². The first-order chi connectivity index (χ1) is 10.9. The average molecular weight is 334 g/mol. The van der Waals surface area contributed by atoms with E-state index in [0.717, 1.165) is 5.56 Å². The number of rotatable bonds is 6. The first-order valence-corrected chi connectivity index (χ1v) is 8.42. The molecule has 0 unspecified atom stereocenters. The topological polar surface area (TPSA) is 84.5 Å². The standard InChI is InChI=1S/C16H18N2O4S/c1-12-4-3-5-13(10-12)18-23(20,21)15-8-6-14(7-9-15)22-11-16(19)17-2/h3-10,18H,11H2,1-2H3,(H,17,19). The molecule has 7 heteroatoms. The first kappa shape index (κ1) is 16.8. The van der Waals surface area contributed by atoms with Crippen molar-refractivity contribution in [2.45, 2.75) is 11.8 Å². The average Bonchev–Trinajstić information content (AvgIpc) is 2.52. The van der Waals surface area contributed by atoms with Gasteiger partial charge >= 0.3 is 0 Å². The van der Waals surface area contributed by atoms with Crippen molar-refractivity contribution in [1.29, 1.82) is 0 Å². The largest absolute Gasteiger partial charge is 0.484 e. The summed E-state index contributed by atoms with van der Waals surface area (Å²) in [7, 11) is -2.16. The summed E-state index contributed by atoms with van der Waals surface area (Å²) in [5, 5.41) is 2.43. The fourth-order valence-corrected chi connectivity index (χ4v) is 2.91. The maximum Gasteiger partial charge on any atom is 0.261 e. The maximum atomic E-state index is 12.3. The van der Waals surface area contributed by atoms with E-state index in [1.54, 1.807) is 18.2 Å². The number of benzene rings is 2. The lowest BCUT2D eigenvalue weighted by molar-refractivity contribution is -0.122. The minimum Gasteiger partial charge on any atom is -0.484 e. The third kappa shape index (κ3) is 4.72. The molecule has 0 aliphatic heterocycles. The summed E-state index contributed by atoms with van der Waals surface area (Å²) in [5.41, 5.74) is 1.47. The van der Waals surface area contributed by atoms with Crippen molar-refractivity contribution < 1.29 is 17.9 Å². The summed E-state index contributed by atoms with van der Waals surface area (Å²) in [4.78, 5) is 11.2. The summed E-state index contributed by atoms with van der Waals surface area (Å²) in [6, 6.07) is 13.0. The zero-order chi connectivity index (χ0) is 16.9. The fourth-order valence-electron chi connectivity index (χ4n) is 1.86. The predicted molar refractivity (Wildman–Crippen MR) is 88.0 cm³/mol. The van der Waals surface area contributed by atoms with Crippen molar-refractivity contribution in [3.8, 4) is 5.75 Å². The van der Waals surface area contributed by atoms with Crippen molar-refractivity contribution in [3.05, 3.63) is 54.1 Å². The summed E-state index contributed by atoms with van der Waals surface area (Å²) in [6.45, 7) is 1.76. The van der Waals surface area contributed by atoms with Crippen LogP contribution < -0.4 is 14.8 Å². The molecule has 0 aliphatic rings. The first-order valence-electron chi connectivity index (χ1n) is 6.93. The Kier molecular flexibility index (Phi) is 5.23. The molecule has 2 rings (SSSR count). The third-order valence-corrected chi connectivity index (χ3v) is 4.45. The van der Waals surface area contributed by atoms with E-state index in [4.69, 9.17) is 4.74 Å². The van der Waals surface area contributed by atoms with Crippen LogP contribution in [0.2, 0.25) is 0 Å². The number of hydrogen-bond acceptors (Lipinski definition) is 4. The molecular weight excluding hydrogens is 316 g/mol. The highest BCUT2D eigenvalue weighted by molar-refractivity contribution is 7.92. The van der Waals surface area contributed by atoms with E-state index in [9.17, 15) is 13.2 Å². The Morgan fingerprint density at radius 1 is 1.13 bits per heavy atom. The Balaban J connectivity index is 2.09. The molecule has 0 fully saturated rings. The molecule has 6 nitrogen and oxygen atoms in total. The third-order valence-electron chi connectivity index (χ3n) is 3.05. The highest BCUT2D eigenvalue weighted by Gasteiger charge is 2.14. The minimum atomic E-state index is -3.67. The quantitative estimate of drug-likeness (QED) is 0.845. The predicted octanol–water partition coefficient (Wildman–Crippen LogP) is 1.92. The second-order valence-corrected chi connectivity index (χ2v) is 6.59. The fraction of sp³-hybridized carbons (Fsp3) is 0.188. The molecular formula is C16H18N2O4S. The SMILES string of the molecule is CNC(=O)COc1ccc(S(=O)(=O)Nc2cccc(C)c2)cc1. The van der Waals surface area contributed by atoms with Gasteiger partial charge in [0.05, 0.1) is 4.90 Å². The molecule has 0 saturated heterocycles. The van der Waals surface area contributed by atoms with Crippen LogP contribution in [-0.2, 0) is 14.8 Å².